The summed E-state index contributed by atoms with van der Waals surface area (Å²) in [6, 6.07) is 0. The molecular formula is C10H12O7. The Hall–Kier alpha value is -1.92. The molecule has 0 aliphatic heterocycles. The fourth-order valence-electron chi connectivity index (χ4n) is 2.02. The third kappa shape index (κ3) is 3.02. The van der Waals surface area contributed by atoms with Crippen LogP contribution in [0.3, 0.4) is 0 Å². The first kappa shape index (κ1) is 13.1. The van der Waals surface area contributed by atoms with Crippen molar-refractivity contribution in [2.75, 3.05) is 0 Å². The second-order valence-corrected chi connectivity index (χ2v) is 3.89. The fraction of sp³-hybridized carbons (Fsp3) is 0.600. The van der Waals surface area contributed by atoms with Crippen molar-refractivity contribution >= 4 is 23.7 Å². The maximum atomic E-state index is 11.5. The first-order chi connectivity index (χ1) is 7.82. The Morgan fingerprint density at radius 3 is 2.35 bits per heavy atom. The number of aliphatic carboxylic acids is 2. The quantitative estimate of drug-likeness (QED) is 0.650. The molecule has 7 nitrogen and oxygen atoms in total. The summed E-state index contributed by atoms with van der Waals surface area (Å²) in [5, 5.41) is 17.6. The molecule has 7 heteroatoms. The number of esters is 1. The van der Waals surface area contributed by atoms with Crippen molar-refractivity contribution in [2.24, 2.45) is 11.8 Å². The van der Waals surface area contributed by atoms with Crippen LogP contribution in [0, 0.1) is 11.8 Å². The van der Waals surface area contributed by atoms with E-state index in [9.17, 15) is 19.2 Å². The van der Waals surface area contributed by atoms with E-state index < -0.39 is 48.1 Å². The molecule has 0 aromatic rings. The summed E-state index contributed by atoms with van der Waals surface area (Å²) in [7, 11) is 0. The highest BCUT2D eigenvalue weighted by Gasteiger charge is 2.49. The molecular weight excluding hydrogens is 232 g/mol. The van der Waals surface area contributed by atoms with Crippen molar-refractivity contribution in [3.05, 3.63) is 0 Å². The summed E-state index contributed by atoms with van der Waals surface area (Å²) in [6.07, 6.45) is -1.87. The molecule has 0 aromatic heterocycles. The van der Waals surface area contributed by atoms with Gasteiger partial charge in [-0.25, -0.2) is 0 Å². The number of carboxylic acid groups (broad SMARTS) is 2. The van der Waals surface area contributed by atoms with Crippen LogP contribution in [0.4, 0.5) is 0 Å². The fourth-order valence-corrected chi connectivity index (χ4v) is 2.02. The molecule has 0 unspecified atom stereocenters. The normalized spacial score (nSPS) is 27.8. The summed E-state index contributed by atoms with van der Waals surface area (Å²) in [5.41, 5.74) is 0. The Morgan fingerprint density at radius 1 is 1.35 bits per heavy atom. The Morgan fingerprint density at radius 2 is 1.94 bits per heavy atom. The van der Waals surface area contributed by atoms with Gasteiger partial charge in [0.05, 0.1) is 6.42 Å². The van der Waals surface area contributed by atoms with Crippen LogP contribution in [-0.2, 0) is 23.9 Å². The molecule has 1 aliphatic carbocycles. The Labute approximate surface area is 96.4 Å². The number of ketones is 1. The molecule has 1 fully saturated rings. The van der Waals surface area contributed by atoms with E-state index in [1.165, 1.54) is 0 Å². The van der Waals surface area contributed by atoms with Crippen molar-refractivity contribution in [3.63, 3.8) is 0 Å². The highest BCUT2D eigenvalue weighted by molar-refractivity contribution is 5.93. The van der Waals surface area contributed by atoms with Gasteiger partial charge in [-0.15, -0.1) is 0 Å². The molecule has 1 rings (SSSR count). The van der Waals surface area contributed by atoms with Crippen molar-refractivity contribution in [2.45, 2.75) is 25.9 Å². The third-order valence-electron chi connectivity index (χ3n) is 2.65. The van der Waals surface area contributed by atoms with Gasteiger partial charge >= 0.3 is 17.9 Å². The topological polar surface area (TPSA) is 118 Å². The third-order valence-corrected chi connectivity index (χ3v) is 2.65. The minimum Gasteiger partial charge on any atom is -0.481 e. The van der Waals surface area contributed by atoms with E-state index in [1.807, 2.05) is 0 Å². The van der Waals surface area contributed by atoms with Gasteiger partial charge in [0, 0.05) is 19.3 Å². The van der Waals surface area contributed by atoms with Crippen molar-refractivity contribution in [1.82, 2.24) is 0 Å². The predicted octanol–water partition coefficient (Wildman–Crippen LogP) is -0.317. The summed E-state index contributed by atoms with van der Waals surface area (Å²) < 4.78 is 4.73. The summed E-state index contributed by atoms with van der Waals surface area (Å²) in [5.74, 6) is -6.17. The molecule has 0 spiro atoms. The predicted molar refractivity (Wildman–Crippen MR) is 52.0 cm³/mol. The second kappa shape index (κ2) is 4.94. The van der Waals surface area contributed by atoms with Crippen LogP contribution >= 0.6 is 0 Å². The number of carbonyl (C=O) groups is 4. The molecule has 1 saturated carbocycles. The van der Waals surface area contributed by atoms with Crippen LogP contribution in [0.15, 0.2) is 0 Å². The molecule has 3 atom stereocenters. The van der Waals surface area contributed by atoms with Crippen LogP contribution in [0.25, 0.3) is 0 Å². The first-order valence-electron chi connectivity index (χ1n) is 4.97. The number of Topliss-reactive ketones (excluding diaryl/α,β-unsaturated/α-hetero) is 1. The molecule has 1 aliphatic rings. The van der Waals surface area contributed by atoms with Crippen LogP contribution < -0.4 is 0 Å². The maximum absolute atomic E-state index is 11.5. The monoisotopic (exact) mass is 244 g/mol. The molecule has 0 saturated heterocycles. The molecule has 94 valence electrons. The zero-order valence-electron chi connectivity index (χ0n) is 9.08. The highest BCUT2D eigenvalue weighted by atomic mass is 16.5. The van der Waals surface area contributed by atoms with Gasteiger partial charge in [0.25, 0.3) is 0 Å². The molecule has 0 heterocycles. The lowest BCUT2D eigenvalue weighted by atomic mass is 9.91. The van der Waals surface area contributed by atoms with E-state index in [-0.39, 0.29) is 6.42 Å². The van der Waals surface area contributed by atoms with Gasteiger partial charge in [0.1, 0.15) is 17.8 Å². The smallest absolute Gasteiger partial charge is 0.311 e. The van der Waals surface area contributed by atoms with E-state index in [0.29, 0.717) is 0 Å². The summed E-state index contributed by atoms with van der Waals surface area (Å²) in [6.45, 7) is 1.11. The van der Waals surface area contributed by atoms with E-state index in [0.717, 1.165) is 6.92 Å². The van der Waals surface area contributed by atoms with Gasteiger partial charge in [-0.2, -0.15) is 0 Å². The minimum atomic E-state index is -1.33. The highest BCUT2D eigenvalue weighted by Crippen LogP contribution is 2.34. The lowest BCUT2D eigenvalue weighted by molar-refractivity contribution is -0.157. The zero-order valence-corrected chi connectivity index (χ0v) is 9.08. The largest absolute Gasteiger partial charge is 0.481 e. The lowest BCUT2D eigenvalue weighted by Crippen LogP contribution is -2.32. The SMILES string of the molecule is CC(=O)O[C@H]1CC(=O)[C@@H](CC(=O)O)[C@@H]1C(=O)O. The average molecular weight is 244 g/mol. The zero-order chi connectivity index (χ0) is 13.2. The van der Waals surface area contributed by atoms with Gasteiger partial charge in [-0.1, -0.05) is 0 Å². The molecule has 0 amide bonds. The number of hydrogen-bond donors (Lipinski definition) is 2. The number of carbonyl (C=O) groups excluding carboxylic acids is 2. The average Bonchev–Trinajstić information content (AvgIpc) is 2.40. The van der Waals surface area contributed by atoms with Gasteiger partial charge in [0.15, 0.2) is 0 Å². The van der Waals surface area contributed by atoms with Crippen LogP contribution in [-0.4, -0.2) is 40.0 Å². The maximum Gasteiger partial charge on any atom is 0.311 e. The van der Waals surface area contributed by atoms with E-state index in [2.05, 4.69) is 0 Å². The van der Waals surface area contributed by atoms with E-state index in [1.54, 1.807) is 0 Å². The molecule has 0 aromatic carbocycles. The lowest BCUT2D eigenvalue weighted by Gasteiger charge is -2.18. The number of hydrogen-bond acceptors (Lipinski definition) is 5. The second-order valence-electron chi connectivity index (χ2n) is 3.89. The minimum absolute atomic E-state index is 0.242. The molecule has 2 N–H and O–H groups in total. The van der Waals surface area contributed by atoms with Crippen molar-refractivity contribution in [3.8, 4) is 0 Å². The van der Waals surface area contributed by atoms with Gasteiger partial charge in [0.2, 0.25) is 0 Å². The van der Waals surface area contributed by atoms with Gasteiger partial charge in [-0.3, -0.25) is 19.2 Å². The van der Waals surface area contributed by atoms with Crippen LogP contribution in [0.5, 0.6) is 0 Å². The Balaban J connectivity index is 2.90. The van der Waals surface area contributed by atoms with Gasteiger partial charge in [-0.05, 0) is 0 Å². The van der Waals surface area contributed by atoms with Crippen molar-refractivity contribution < 1.29 is 34.1 Å². The number of carboxylic acids is 2. The number of ether oxygens (including phenoxy) is 1. The standard InChI is InChI=1S/C10H12O7/c1-4(11)17-7-3-6(12)5(2-8(13)14)9(7)10(15)16/h5,7,9H,2-3H2,1H3,(H,13,14)(H,15,16)/t5-,7+,9+/m1/s1. The van der Waals surface area contributed by atoms with Gasteiger partial charge < -0.3 is 14.9 Å². The first-order valence-corrected chi connectivity index (χ1v) is 4.97. The van der Waals surface area contributed by atoms with E-state index in [4.69, 9.17) is 14.9 Å². The Kier molecular flexibility index (Phi) is 3.82. The van der Waals surface area contributed by atoms with Crippen LogP contribution in [0.2, 0.25) is 0 Å². The van der Waals surface area contributed by atoms with Crippen LogP contribution in [0.1, 0.15) is 19.8 Å². The molecule has 0 bridgehead atoms. The summed E-state index contributed by atoms with van der Waals surface area (Å²) >= 11 is 0. The Bertz CT molecular complexity index is 373. The molecule has 17 heavy (non-hydrogen) atoms. The number of rotatable bonds is 4. The van der Waals surface area contributed by atoms with Crippen molar-refractivity contribution in [1.29, 1.82) is 0 Å². The molecule has 0 radical (unpaired) electrons. The summed E-state index contributed by atoms with van der Waals surface area (Å²) in [4.78, 5) is 43.8. The van der Waals surface area contributed by atoms with E-state index >= 15 is 0 Å².